The molecule has 1 saturated heterocycles. The summed E-state index contributed by atoms with van der Waals surface area (Å²) in [6.07, 6.45) is 1.74. The summed E-state index contributed by atoms with van der Waals surface area (Å²) in [6, 6.07) is 7.99. The van der Waals surface area contributed by atoms with Crippen LogP contribution in [-0.2, 0) is 4.79 Å². The monoisotopic (exact) mass is 323 g/mol. The predicted octanol–water partition coefficient (Wildman–Crippen LogP) is 3.23. The van der Waals surface area contributed by atoms with Crippen molar-refractivity contribution in [3.8, 4) is 5.69 Å². The van der Waals surface area contributed by atoms with E-state index in [1.165, 1.54) is 18.2 Å². The van der Waals surface area contributed by atoms with Crippen molar-refractivity contribution in [1.29, 1.82) is 0 Å². The molecule has 5 heteroatoms. The third-order valence-electron chi connectivity index (χ3n) is 4.44. The van der Waals surface area contributed by atoms with E-state index in [2.05, 4.69) is 41.9 Å². The number of carbonyl (C=O) groups is 2. The number of imide groups is 1. The van der Waals surface area contributed by atoms with E-state index in [1.54, 1.807) is 6.08 Å². The number of rotatable bonds is 2. The Bertz CT molecular complexity index is 890. The number of nitrogens with one attached hydrogen (secondary N) is 1. The van der Waals surface area contributed by atoms with Gasteiger partial charge in [-0.15, -0.1) is 0 Å². The minimum atomic E-state index is -0.394. The lowest BCUT2D eigenvalue weighted by Crippen LogP contribution is -2.25. The second-order valence-corrected chi connectivity index (χ2v) is 6.30. The van der Waals surface area contributed by atoms with E-state index in [4.69, 9.17) is 0 Å². The van der Waals surface area contributed by atoms with Crippen molar-refractivity contribution < 1.29 is 9.59 Å². The molecule has 5 nitrogen and oxygen atoms in total. The highest BCUT2D eigenvalue weighted by atomic mass is 16.2. The van der Waals surface area contributed by atoms with Gasteiger partial charge in [0.15, 0.2) is 0 Å². The molecule has 0 saturated carbocycles. The van der Waals surface area contributed by atoms with Gasteiger partial charge in [-0.3, -0.25) is 9.69 Å². The molecule has 1 aliphatic rings. The highest BCUT2D eigenvalue weighted by Gasteiger charge is 2.30. The van der Waals surface area contributed by atoms with Gasteiger partial charge in [-0.2, -0.15) is 0 Å². The van der Waals surface area contributed by atoms with Crippen molar-refractivity contribution >= 4 is 18.0 Å². The average molecular weight is 323 g/mol. The van der Waals surface area contributed by atoms with Gasteiger partial charge in [-0.05, 0) is 57.0 Å². The van der Waals surface area contributed by atoms with Crippen molar-refractivity contribution in [3.05, 3.63) is 58.0 Å². The van der Waals surface area contributed by atoms with E-state index in [-0.39, 0.29) is 5.91 Å². The lowest BCUT2D eigenvalue weighted by molar-refractivity contribution is -0.121. The van der Waals surface area contributed by atoms with Crippen LogP contribution in [0.15, 0.2) is 30.0 Å². The normalized spacial score (nSPS) is 16.2. The van der Waals surface area contributed by atoms with Crippen molar-refractivity contribution in [2.24, 2.45) is 0 Å². The van der Waals surface area contributed by atoms with Gasteiger partial charge in [0.25, 0.3) is 5.91 Å². The van der Waals surface area contributed by atoms with Crippen molar-refractivity contribution in [2.45, 2.75) is 27.7 Å². The van der Waals surface area contributed by atoms with Crippen LogP contribution < -0.4 is 5.32 Å². The van der Waals surface area contributed by atoms with Crippen molar-refractivity contribution in [2.75, 3.05) is 7.05 Å². The van der Waals surface area contributed by atoms with E-state index in [0.29, 0.717) is 5.70 Å². The maximum absolute atomic E-state index is 12.1. The van der Waals surface area contributed by atoms with Crippen molar-refractivity contribution in [1.82, 2.24) is 14.8 Å². The first-order valence-corrected chi connectivity index (χ1v) is 7.87. The van der Waals surface area contributed by atoms with Crippen molar-refractivity contribution in [3.63, 3.8) is 0 Å². The quantitative estimate of drug-likeness (QED) is 0.681. The van der Waals surface area contributed by atoms with Gasteiger partial charge in [-0.25, -0.2) is 4.79 Å². The molecule has 1 aliphatic heterocycles. The van der Waals surface area contributed by atoms with E-state index in [1.807, 2.05) is 19.9 Å². The summed E-state index contributed by atoms with van der Waals surface area (Å²) < 4.78 is 2.17. The summed E-state index contributed by atoms with van der Waals surface area (Å²) in [5.41, 5.74) is 6.89. The van der Waals surface area contributed by atoms with E-state index in [0.717, 1.165) is 27.5 Å². The summed E-state index contributed by atoms with van der Waals surface area (Å²) in [6.45, 7) is 8.22. The first-order chi connectivity index (χ1) is 11.3. The Labute approximate surface area is 141 Å². The zero-order valence-electron chi connectivity index (χ0n) is 14.6. The van der Waals surface area contributed by atoms with Gasteiger partial charge >= 0.3 is 6.03 Å². The number of nitrogens with zero attached hydrogens (tertiary/aromatic N) is 2. The van der Waals surface area contributed by atoms with Gasteiger partial charge in [0.2, 0.25) is 0 Å². The maximum Gasteiger partial charge on any atom is 0.328 e. The molecular formula is C19H21N3O2. The molecule has 2 aromatic rings. The van der Waals surface area contributed by atoms with Crippen LogP contribution in [0.1, 0.15) is 28.1 Å². The molecule has 1 fully saturated rings. The van der Waals surface area contributed by atoms with Crippen LogP contribution in [0, 0.1) is 27.7 Å². The number of urea groups is 1. The van der Waals surface area contributed by atoms with Gasteiger partial charge in [0, 0.05) is 24.1 Å². The number of aryl methyl sites for hydroxylation is 3. The molecule has 24 heavy (non-hydrogen) atoms. The van der Waals surface area contributed by atoms with Crippen LogP contribution in [0.2, 0.25) is 0 Å². The summed E-state index contributed by atoms with van der Waals surface area (Å²) in [5, 5.41) is 2.61. The third kappa shape index (κ3) is 2.52. The number of aromatic nitrogens is 1. The Balaban J connectivity index is 2.08. The fourth-order valence-corrected chi connectivity index (χ4v) is 3.14. The molecule has 0 unspecified atom stereocenters. The molecule has 1 aromatic heterocycles. The summed E-state index contributed by atoms with van der Waals surface area (Å²) in [7, 11) is 1.47. The first-order valence-electron chi connectivity index (χ1n) is 7.87. The van der Waals surface area contributed by atoms with Crippen LogP contribution >= 0.6 is 0 Å². The molecule has 3 amide bonds. The number of hydrogen-bond acceptors (Lipinski definition) is 2. The third-order valence-corrected chi connectivity index (χ3v) is 4.44. The molecule has 1 aromatic carbocycles. The Kier molecular flexibility index (Phi) is 3.79. The standard InChI is InChI=1S/C19H21N3O2/c1-11-6-7-17(12(2)8-11)22-13(3)9-15(14(22)4)10-16-18(23)21(5)19(24)20-16/h6-10H,1-5H3,(H,20,24)/b16-10+. The molecular weight excluding hydrogens is 302 g/mol. The molecule has 1 N–H and O–H groups in total. The number of carbonyl (C=O) groups excluding carboxylic acids is 2. The Morgan fingerprint density at radius 2 is 1.75 bits per heavy atom. The summed E-state index contributed by atoms with van der Waals surface area (Å²) in [4.78, 5) is 24.7. The lowest BCUT2D eigenvalue weighted by atomic mass is 10.1. The Morgan fingerprint density at radius 1 is 1.04 bits per heavy atom. The number of likely N-dealkylation sites (N-methyl/N-ethyl adjacent to an activating group) is 1. The zero-order valence-corrected chi connectivity index (χ0v) is 14.6. The lowest BCUT2D eigenvalue weighted by Gasteiger charge is -2.13. The Morgan fingerprint density at radius 3 is 2.33 bits per heavy atom. The smallest absolute Gasteiger partial charge is 0.318 e. The molecule has 0 atom stereocenters. The maximum atomic E-state index is 12.1. The van der Waals surface area contributed by atoms with Gasteiger partial charge in [-0.1, -0.05) is 17.7 Å². The summed E-state index contributed by atoms with van der Waals surface area (Å²) >= 11 is 0. The highest BCUT2D eigenvalue weighted by Crippen LogP contribution is 2.26. The number of hydrogen-bond donors (Lipinski definition) is 1. The molecule has 0 spiro atoms. The molecule has 0 aliphatic carbocycles. The minimum absolute atomic E-state index is 0.309. The molecule has 124 valence electrons. The SMILES string of the molecule is Cc1ccc(-n2c(C)cc(/C=C3/NC(=O)N(C)C3=O)c2C)c(C)c1. The van der Waals surface area contributed by atoms with Gasteiger partial charge in [0.1, 0.15) is 5.70 Å². The van der Waals surface area contributed by atoms with Gasteiger partial charge < -0.3 is 9.88 Å². The van der Waals surface area contributed by atoms with E-state index < -0.39 is 6.03 Å². The first kappa shape index (κ1) is 16.1. The zero-order chi connectivity index (χ0) is 17.6. The van der Waals surface area contributed by atoms with Gasteiger partial charge in [0.05, 0.1) is 0 Å². The molecule has 0 radical (unpaired) electrons. The van der Waals surface area contributed by atoms with Crippen LogP contribution in [0.4, 0.5) is 4.79 Å². The molecule has 3 rings (SSSR count). The Hall–Kier alpha value is -2.82. The fraction of sp³-hybridized carbons (Fsp3) is 0.263. The summed E-state index contributed by atoms with van der Waals surface area (Å²) in [5.74, 6) is -0.309. The second-order valence-electron chi connectivity index (χ2n) is 6.30. The highest BCUT2D eigenvalue weighted by molar-refractivity contribution is 6.13. The fourth-order valence-electron chi connectivity index (χ4n) is 3.14. The van der Waals surface area contributed by atoms with E-state index >= 15 is 0 Å². The van der Waals surface area contributed by atoms with Crippen LogP contribution in [0.3, 0.4) is 0 Å². The number of amides is 3. The average Bonchev–Trinajstić information content (AvgIpc) is 2.92. The second kappa shape index (κ2) is 5.67. The van der Waals surface area contributed by atoms with Crippen LogP contribution in [0.25, 0.3) is 11.8 Å². The predicted molar refractivity (Wildman–Crippen MR) is 94.0 cm³/mol. The van der Waals surface area contributed by atoms with E-state index in [9.17, 15) is 9.59 Å². The largest absolute Gasteiger partial charge is 0.328 e. The number of benzene rings is 1. The topological polar surface area (TPSA) is 54.3 Å². The minimum Gasteiger partial charge on any atom is -0.318 e. The molecule has 2 heterocycles. The van der Waals surface area contributed by atoms with Crippen LogP contribution in [0.5, 0.6) is 0 Å². The molecule has 0 bridgehead atoms. The van der Waals surface area contributed by atoms with Crippen LogP contribution in [-0.4, -0.2) is 28.5 Å².